The van der Waals surface area contributed by atoms with Gasteiger partial charge in [-0.2, -0.15) is 0 Å². The molecule has 24 heavy (non-hydrogen) atoms. The zero-order chi connectivity index (χ0) is 19.0. The van der Waals surface area contributed by atoms with Crippen LogP contribution in [0, 0.1) is 13.4 Å². The predicted octanol–water partition coefficient (Wildman–Crippen LogP) is 4.92. The van der Waals surface area contributed by atoms with Gasteiger partial charge in [0.05, 0.1) is 18.1 Å². The van der Waals surface area contributed by atoms with E-state index in [-0.39, 0.29) is 5.56 Å². The van der Waals surface area contributed by atoms with E-state index in [0.29, 0.717) is 17.2 Å². The van der Waals surface area contributed by atoms with Gasteiger partial charge in [0.2, 0.25) is 5.65 Å². The van der Waals surface area contributed by atoms with Crippen LogP contribution < -0.4 is 0 Å². The van der Waals surface area contributed by atoms with Crippen molar-refractivity contribution in [1.29, 1.82) is 0 Å². The summed E-state index contributed by atoms with van der Waals surface area (Å²) in [5, 5.41) is 0. The van der Waals surface area contributed by atoms with Gasteiger partial charge in [-0.15, -0.1) is 0 Å². The van der Waals surface area contributed by atoms with Crippen molar-refractivity contribution in [2.45, 2.75) is 6.85 Å². The first-order chi connectivity index (χ1) is 13.0. The van der Waals surface area contributed by atoms with Crippen molar-refractivity contribution in [2.75, 3.05) is 0 Å². The lowest BCUT2D eigenvalue weighted by Crippen LogP contribution is -1.91. The Labute approximate surface area is 144 Å². The monoisotopic (exact) mass is 313 g/mol. The third-order valence-electron chi connectivity index (χ3n) is 3.86. The van der Waals surface area contributed by atoms with E-state index in [1.54, 1.807) is 28.8 Å². The molecule has 0 aliphatic carbocycles. The minimum atomic E-state index is -2.18. The zero-order valence-corrected chi connectivity index (χ0v) is 12.6. The van der Waals surface area contributed by atoms with E-state index in [0.717, 1.165) is 16.7 Å². The van der Waals surface area contributed by atoms with E-state index in [2.05, 4.69) is 14.8 Å². The van der Waals surface area contributed by atoms with Crippen molar-refractivity contribution in [3.8, 4) is 22.4 Å². The number of nitrogens with zero attached hydrogens (tertiary/aromatic N) is 4. The topological polar surface area (TPSA) is 34.5 Å². The van der Waals surface area contributed by atoms with Crippen LogP contribution in [0.2, 0.25) is 0 Å². The van der Waals surface area contributed by atoms with Crippen molar-refractivity contribution in [3.63, 3.8) is 0 Å². The lowest BCUT2D eigenvalue weighted by molar-refractivity contribution is 1.20. The highest BCUT2D eigenvalue weighted by molar-refractivity contribution is 5.81. The summed E-state index contributed by atoms with van der Waals surface area (Å²) in [6.07, 6.45) is 5.07. The third-order valence-corrected chi connectivity index (χ3v) is 3.86. The van der Waals surface area contributed by atoms with Gasteiger partial charge in [-0.05, 0) is 25.1 Å². The van der Waals surface area contributed by atoms with Gasteiger partial charge in [-0.3, -0.25) is 4.98 Å². The Hall–Kier alpha value is -3.45. The summed E-state index contributed by atoms with van der Waals surface area (Å²) >= 11 is 0. The van der Waals surface area contributed by atoms with Crippen molar-refractivity contribution in [2.24, 2.45) is 0 Å². The normalized spacial score (nSPS) is 13.0. The molecule has 4 nitrogen and oxygen atoms in total. The molecule has 0 saturated heterocycles. The zero-order valence-electron chi connectivity index (χ0n) is 15.6. The molecule has 0 aliphatic rings. The van der Waals surface area contributed by atoms with Crippen LogP contribution in [0.5, 0.6) is 0 Å². The van der Waals surface area contributed by atoms with Gasteiger partial charge in [0.15, 0.2) is 0 Å². The first-order valence-corrected chi connectivity index (χ1v) is 7.38. The maximum atomic E-state index is 7.64. The minimum absolute atomic E-state index is 0.275. The Morgan fingerprint density at radius 1 is 1.08 bits per heavy atom. The fraction of sp³-hybridized carbons (Fsp3) is 0.0500. The van der Waals surface area contributed by atoms with Crippen LogP contribution >= 0.6 is 0 Å². The molecule has 0 bridgehead atoms. The summed E-state index contributed by atoms with van der Waals surface area (Å²) in [6.45, 7) is 5.10. The molecule has 0 aliphatic heterocycles. The molecule has 3 heterocycles. The number of aromatic nitrogens is 3. The summed E-state index contributed by atoms with van der Waals surface area (Å²) in [6, 6.07) is 14.4. The van der Waals surface area contributed by atoms with Crippen molar-refractivity contribution >= 4 is 11.5 Å². The number of hydrogen-bond acceptors (Lipinski definition) is 2. The average molecular weight is 313 g/mol. The van der Waals surface area contributed by atoms with E-state index >= 15 is 0 Å². The second kappa shape index (κ2) is 5.64. The molecule has 0 saturated carbocycles. The van der Waals surface area contributed by atoms with Gasteiger partial charge in [-0.25, -0.2) is 9.38 Å². The van der Waals surface area contributed by atoms with Crippen molar-refractivity contribution < 1.29 is 4.11 Å². The fourth-order valence-corrected chi connectivity index (χ4v) is 2.74. The lowest BCUT2D eigenvalue weighted by atomic mass is 9.99. The largest absolute Gasteiger partial charge is 0.362 e. The number of imidazole rings is 1. The Morgan fingerprint density at radius 3 is 2.92 bits per heavy atom. The van der Waals surface area contributed by atoms with Crippen molar-refractivity contribution in [3.05, 3.63) is 84.1 Å². The van der Waals surface area contributed by atoms with Crippen LogP contribution in [0.15, 0.2) is 67.1 Å². The number of fused-ring (bicyclic) bond motifs is 1. The fourth-order valence-electron chi connectivity index (χ4n) is 2.74. The molecule has 0 unspecified atom stereocenters. The van der Waals surface area contributed by atoms with E-state index in [9.17, 15) is 0 Å². The van der Waals surface area contributed by atoms with Gasteiger partial charge in [0.1, 0.15) is 0 Å². The third kappa shape index (κ3) is 2.33. The molecule has 3 aromatic heterocycles. The van der Waals surface area contributed by atoms with Gasteiger partial charge < -0.3 is 4.85 Å². The molecular formula is C20H14N4. The molecule has 0 amide bonds. The van der Waals surface area contributed by atoms with E-state index < -0.39 is 6.85 Å². The molecule has 0 N–H and O–H groups in total. The van der Waals surface area contributed by atoms with Crippen LogP contribution in [0.4, 0.5) is 5.82 Å². The Morgan fingerprint density at radius 2 is 2.04 bits per heavy atom. The molecule has 114 valence electrons. The molecule has 4 rings (SSSR count). The van der Waals surface area contributed by atoms with Crippen LogP contribution in [-0.4, -0.2) is 14.4 Å². The molecule has 0 fully saturated rings. The number of hydrogen-bond donors (Lipinski definition) is 0. The van der Waals surface area contributed by atoms with E-state index in [1.165, 1.54) is 6.20 Å². The molecule has 0 radical (unpaired) electrons. The van der Waals surface area contributed by atoms with E-state index in [1.807, 2.05) is 36.5 Å². The standard InChI is InChI=1S/C20H14N4/c1-14-5-3-6-15(11-14)20-17(7-4-10-22-20)16-8-9-18-23-12-19(21-2)24(18)13-16/h3-13H,1H3/i1D3. The van der Waals surface area contributed by atoms with Gasteiger partial charge >= 0.3 is 0 Å². The Kier molecular flexibility index (Phi) is 2.62. The molecule has 0 spiro atoms. The summed E-state index contributed by atoms with van der Waals surface area (Å²) < 4.78 is 24.7. The summed E-state index contributed by atoms with van der Waals surface area (Å²) in [7, 11) is 0. The molecule has 4 aromatic rings. The molecule has 0 atom stereocenters. The van der Waals surface area contributed by atoms with Crippen molar-refractivity contribution in [1.82, 2.24) is 14.4 Å². The summed E-state index contributed by atoms with van der Waals surface area (Å²) in [5.41, 5.74) is 4.11. The van der Waals surface area contributed by atoms with Gasteiger partial charge in [0, 0.05) is 33.1 Å². The number of benzene rings is 1. The highest BCUT2D eigenvalue weighted by atomic mass is 15.1. The van der Waals surface area contributed by atoms with Crippen LogP contribution in [-0.2, 0) is 0 Å². The second-order valence-corrected chi connectivity index (χ2v) is 5.35. The first-order valence-electron chi connectivity index (χ1n) is 8.88. The van der Waals surface area contributed by atoms with Crippen LogP contribution in [0.1, 0.15) is 9.68 Å². The number of pyridine rings is 2. The smallest absolute Gasteiger partial charge is 0.254 e. The van der Waals surface area contributed by atoms with Gasteiger partial charge in [-0.1, -0.05) is 36.4 Å². The first kappa shape index (κ1) is 11.1. The van der Waals surface area contributed by atoms with E-state index in [4.69, 9.17) is 10.7 Å². The second-order valence-electron chi connectivity index (χ2n) is 5.35. The molecule has 4 heteroatoms. The SMILES string of the molecule is [2H]C([2H])([2H])c1cccc(-c2ncccc2-c2ccc3ncc([N+]#[C-])n3c2)c1. The summed E-state index contributed by atoms with van der Waals surface area (Å²) in [5.74, 6) is 0.432. The highest BCUT2D eigenvalue weighted by Gasteiger charge is 2.12. The highest BCUT2D eigenvalue weighted by Crippen LogP contribution is 2.31. The minimum Gasteiger partial charge on any atom is -0.362 e. The predicted molar refractivity (Wildman–Crippen MR) is 94.9 cm³/mol. The molecule has 1 aromatic carbocycles. The number of aryl methyl sites for hydroxylation is 1. The Bertz CT molecular complexity index is 1190. The van der Waals surface area contributed by atoms with Crippen LogP contribution in [0.25, 0.3) is 32.9 Å². The number of rotatable bonds is 2. The summed E-state index contributed by atoms with van der Waals surface area (Å²) in [4.78, 5) is 12.2. The van der Waals surface area contributed by atoms with Gasteiger partial charge in [0.25, 0.3) is 5.82 Å². The average Bonchev–Trinajstić information content (AvgIpc) is 3.10. The maximum absolute atomic E-state index is 7.64. The molecular weight excluding hydrogens is 296 g/mol. The quantitative estimate of drug-likeness (QED) is 0.492. The lowest BCUT2D eigenvalue weighted by Gasteiger charge is -2.09. The maximum Gasteiger partial charge on any atom is 0.254 e. The van der Waals surface area contributed by atoms with Crippen LogP contribution in [0.3, 0.4) is 0 Å². The Balaban J connectivity index is 1.89.